The highest BCUT2D eigenvalue weighted by molar-refractivity contribution is 6.32. The maximum atomic E-state index is 12.4. The summed E-state index contributed by atoms with van der Waals surface area (Å²) in [5.74, 6) is -1.30. The fourth-order valence-electron chi connectivity index (χ4n) is 2.26. The number of carboxylic acid groups (broad SMARTS) is 1. The van der Waals surface area contributed by atoms with E-state index in [1.165, 1.54) is 17.2 Å². The Kier molecular flexibility index (Phi) is 4.87. The molecule has 0 aliphatic carbocycles. The van der Waals surface area contributed by atoms with Crippen LogP contribution >= 0.6 is 11.6 Å². The first-order valence-electron chi connectivity index (χ1n) is 6.91. The van der Waals surface area contributed by atoms with Crippen LogP contribution in [0.15, 0.2) is 12.3 Å². The first-order chi connectivity index (χ1) is 10.4. The molecule has 0 atom stereocenters. The summed E-state index contributed by atoms with van der Waals surface area (Å²) >= 11 is 6.00. The van der Waals surface area contributed by atoms with Crippen molar-refractivity contribution in [1.82, 2.24) is 9.88 Å². The van der Waals surface area contributed by atoms with Gasteiger partial charge >= 0.3 is 5.97 Å². The van der Waals surface area contributed by atoms with Crippen molar-refractivity contribution < 1.29 is 24.5 Å². The fourth-order valence-corrected chi connectivity index (χ4v) is 2.48. The molecular formula is C14H17ClN2O5. The number of aromatic nitrogens is 1. The van der Waals surface area contributed by atoms with Gasteiger partial charge in [0.25, 0.3) is 5.91 Å². The first-order valence-corrected chi connectivity index (χ1v) is 7.28. The quantitative estimate of drug-likeness (QED) is 0.861. The van der Waals surface area contributed by atoms with E-state index in [0.717, 1.165) is 0 Å². The second-order valence-corrected chi connectivity index (χ2v) is 5.48. The maximum absolute atomic E-state index is 12.4. The van der Waals surface area contributed by atoms with Gasteiger partial charge in [0.05, 0.1) is 12.2 Å². The number of piperidine rings is 1. The lowest BCUT2D eigenvalue weighted by Crippen LogP contribution is -2.50. The Labute approximate surface area is 132 Å². The van der Waals surface area contributed by atoms with Gasteiger partial charge < -0.3 is 19.8 Å². The molecule has 1 amide bonds. The van der Waals surface area contributed by atoms with Crippen LogP contribution in [0.1, 0.15) is 30.1 Å². The Morgan fingerprint density at radius 1 is 1.45 bits per heavy atom. The van der Waals surface area contributed by atoms with E-state index in [2.05, 4.69) is 4.98 Å². The van der Waals surface area contributed by atoms with Gasteiger partial charge in [-0.25, -0.2) is 9.78 Å². The Balaban J connectivity index is 2.07. The summed E-state index contributed by atoms with van der Waals surface area (Å²) in [6.07, 6.45) is 1.36. The molecule has 8 heteroatoms. The van der Waals surface area contributed by atoms with Crippen LogP contribution in [-0.4, -0.2) is 57.3 Å². The van der Waals surface area contributed by atoms with Crippen LogP contribution in [-0.2, 0) is 4.79 Å². The zero-order chi connectivity index (χ0) is 16.3. The molecule has 0 radical (unpaired) electrons. The zero-order valence-corrected chi connectivity index (χ0v) is 12.8. The molecule has 1 aliphatic rings. The molecule has 0 aromatic carbocycles. The minimum atomic E-state index is -1.76. The molecule has 0 spiro atoms. The number of ether oxygens (including phenoxy) is 1. The molecule has 1 aromatic heterocycles. The van der Waals surface area contributed by atoms with Crippen LogP contribution in [0.5, 0.6) is 5.88 Å². The standard InChI is InChI=1S/C14H17ClN2O5/c1-2-22-11-10(15)7-9(8-16-11)12(18)17-5-3-14(21,4-6-17)13(19)20/h7-8,21H,2-6H2,1H3,(H,19,20). The van der Waals surface area contributed by atoms with Crippen LogP contribution in [0, 0.1) is 0 Å². The zero-order valence-electron chi connectivity index (χ0n) is 12.1. The van der Waals surface area contributed by atoms with Gasteiger partial charge in [-0.05, 0) is 13.0 Å². The van der Waals surface area contributed by atoms with Crippen molar-refractivity contribution in [1.29, 1.82) is 0 Å². The smallest absolute Gasteiger partial charge is 0.335 e. The summed E-state index contributed by atoms with van der Waals surface area (Å²) in [6, 6.07) is 1.47. The van der Waals surface area contributed by atoms with Crippen LogP contribution in [0.3, 0.4) is 0 Å². The van der Waals surface area contributed by atoms with Gasteiger partial charge in [0.1, 0.15) is 5.02 Å². The molecular weight excluding hydrogens is 312 g/mol. The number of rotatable bonds is 4. The molecule has 1 saturated heterocycles. The van der Waals surface area contributed by atoms with Gasteiger partial charge in [-0.15, -0.1) is 0 Å². The monoisotopic (exact) mass is 328 g/mol. The average molecular weight is 329 g/mol. The van der Waals surface area contributed by atoms with Gasteiger partial charge in [0.2, 0.25) is 5.88 Å². The van der Waals surface area contributed by atoms with Crippen LogP contribution < -0.4 is 4.74 Å². The van der Waals surface area contributed by atoms with E-state index in [1.54, 1.807) is 6.92 Å². The van der Waals surface area contributed by atoms with Crippen molar-refractivity contribution in [3.05, 3.63) is 22.8 Å². The van der Waals surface area contributed by atoms with Gasteiger partial charge in [0, 0.05) is 32.1 Å². The molecule has 22 heavy (non-hydrogen) atoms. The minimum absolute atomic E-state index is 0.00768. The number of halogens is 1. The molecule has 120 valence electrons. The number of carboxylic acids is 1. The number of carbonyl (C=O) groups excluding carboxylic acids is 1. The van der Waals surface area contributed by atoms with Crippen molar-refractivity contribution >= 4 is 23.5 Å². The molecule has 2 N–H and O–H groups in total. The predicted molar refractivity (Wildman–Crippen MR) is 78.1 cm³/mol. The number of likely N-dealkylation sites (tertiary alicyclic amines) is 1. The third-order valence-electron chi connectivity index (χ3n) is 3.61. The number of pyridine rings is 1. The number of amides is 1. The highest BCUT2D eigenvalue weighted by Gasteiger charge is 2.40. The van der Waals surface area contributed by atoms with E-state index in [-0.39, 0.29) is 42.7 Å². The summed E-state index contributed by atoms with van der Waals surface area (Å²) in [7, 11) is 0. The normalized spacial score (nSPS) is 17.1. The van der Waals surface area contributed by atoms with E-state index < -0.39 is 11.6 Å². The number of hydrogen-bond acceptors (Lipinski definition) is 5. The molecule has 1 fully saturated rings. The lowest BCUT2D eigenvalue weighted by molar-refractivity contribution is -0.162. The SMILES string of the molecule is CCOc1ncc(C(=O)N2CCC(O)(C(=O)O)CC2)cc1Cl. The van der Waals surface area contributed by atoms with Crippen LogP contribution in [0.2, 0.25) is 5.02 Å². The topological polar surface area (TPSA) is 100.0 Å². The number of aliphatic hydroxyl groups is 1. The number of carbonyl (C=O) groups is 2. The molecule has 0 bridgehead atoms. The van der Waals surface area contributed by atoms with Gasteiger partial charge in [-0.3, -0.25) is 4.79 Å². The molecule has 2 rings (SSSR count). The van der Waals surface area contributed by atoms with Crippen molar-refractivity contribution in [2.24, 2.45) is 0 Å². The summed E-state index contributed by atoms with van der Waals surface area (Å²) in [4.78, 5) is 28.8. The predicted octanol–water partition coefficient (Wildman–Crippen LogP) is 1.19. The maximum Gasteiger partial charge on any atom is 0.335 e. The minimum Gasteiger partial charge on any atom is -0.479 e. The van der Waals surface area contributed by atoms with Crippen molar-refractivity contribution in [2.45, 2.75) is 25.4 Å². The number of hydrogen-bond donors (Lipinski definition) is 2. The highest BCUT2D eigenvalue weighted by Crippen LogP contribution is 2.26. The summed E-state index contributed by atoms with van der Waals surface area (Å²) in [5, 5.41) is 19.1. The first kappa shape index (κ1) is 16.5. The lowest BCUT2D eigenvalue weighted by atomic mass is 9.91. The summed E-state index contributed by atoms with van der Waals surface area (Å²) in [6.45, 7) is 2.53. The molecule has 0 unspecified atom stereocenters. The second-order valence-electron chi connectivity index (χ2n) is 5.07. The Bertz CT molecular complexity index is 585. The van der Waals surface area contributed by atoms with E-state index in [0.29, 0.717) is 12.2 Å². The third-order valence-corrected chi connectivity index (χ3v) is 3.88. The van der Waals surface area contributed by atoms with Gasteiger partial charge in [0.15, 0.2) is 5.60 Å². The summed E-state index contributed by atoms with van der Waals surface area (Å²) in [5.41, 5.74) is -1.46. The number of aliphatic carboxylic acids is 1. The van der Waals surface area contributed by atoms with Crippen molar-refractivity contribution in [3.63, 3.8) is 0 Å². The van der Waals surface area contributed by atoms with Gasteiger partial charge in [-0.1, -0.05) is 11.6 Å². The van der Waals surface area contributed by atoms with E-state index >= 15 is 0 Å². The van der Waals surface area contributed by atoms with E-state index in [9.17, 15) is 14.7 Å². The van der Waals surface area contributed by atoms with E-state index in [4.69, 9.17) is 21.4 Å². The Morgan fingerprint density at radius 3 is 2.59 bits per heavy atom. The van der Waals surface area contributed by atoms with Crippen molar-refractivity contribution in [2.75, 3.05) is 19.7 Å². The Hall–Kier alpha value is -1.86. The lowest BCUT2D eigenvalue weighted by Gasteiger charge is -2.35. The van der Waals surface area contributed by atoms with Crippen molar-refractivity contribution in [3.8, 4) is 5.88 Å². The second kappa shape index (κ2) is 6.50. The Morgan fingerprint density at radius 2 is 2.09 bits per heavy atom. The molecule has 7 nitrogen and oxygen atoms in total. The molecule has 2 heterocycles. The highest BCUT2D eigenvalue weighted by atomic mass is 35.5. The van der Waals surface area contributed by atoms with Gasteiger partial charge in [-0.2, -0.15) is 0 Å². The summed E-state index contributed by atoms with van der Waals surface area (Å²) < 4.78 is 5.20. The molecule has 0 saturated carbocycles. The van der Waals surface area contributed by atoms with Crippen LogP contribution in [0.4, 0.5) is 0 Å². The largest absolute Gasteiger partial charge is 0.479 e. The third kappa shape index (κ3) is 3.31. The number of nitrogens with zero attached hydrogens (tertiary/aromatic N) is 2. The fraction of sp³-hybridized carbons (Fsp3) is 0.500. The molecule has 1 aliphatic heterocycles. The van der Waals surface area contributed by atoms with Crippen LogP contribution in [0.25, 0.3) is 0 Å². The van der Waals surface area contributed by atoms with E-state index in [1.807, 2.05) is 0 Å². The molecule has 1 aromatic rings. The average Bonchev–Trinajstić information content (AvgIpc) is 2.49.